The summed E-state index contributed by atoms with van der Waals surface area (Å²) in [6.45, 7) is 5.82. The third-order valence-electron chi connectivity index (χ3n) is 5.38. The molecule has 0 spiro atoms. The van der Waals surface area contributed by atoms with Crippen LogP contribution in [0.2, 0.25) is 0 Å². The van der Waals surface area contributed by atoms with Gasteiger partial charge in [0.25, 0.3) is 11.8 Å². The molecule has 1 N–H and O–H groups in total. The van der Waals surface area contributed by atoms with E-state index in [-0.39, 0.29) is 10.7 Å². The predicted octanol–water partition coefficient (Wildman–Crippen LogP) is 4.11. The molecule has 30 heavy (non-hydrogen) atoms. The van der Waals surface area contributed by atoms with Gasteiger partial charge in [0.05, 0.1) is 5.69 Å². The van der Waals surface area contributed by atoms with Crippen molar-refractivity contribution in [2.75, 3.05) is 22.9 Å². The summed E-state index contributed by atoms with van der Waals surface area (Å²) < 4.78 is 5.95. The van der Waals surface area contributed by atoms with Crippen LogP contribution in [0.15, 0.2) is 40.3 Å². The number of hydrogen-bond donors (Lipinski definition) is 1. The number of anilines is 2. The van der Waals surface area contributed by atoms with Crippen LogP contribution in [0.1, 0.15) is 42.6 Å². The van der Waals surface area contributed by atoms with Gasteiger partial charge in [-0.05, 0) is 74.3 Å². The first-order chi connectivity index (χ1) is 14.4. The van der Waals surface area contributed by atoms with Crippen LogP contribution in [-0.4, -0.2) is 30.0 Å². The summed E-state index contributed by atoms with van der Waals surface area (Å²) in [6, 6.07) is 9.45. The first-order valence-corrected chi connectivity index (χ1v) is 10.7. The van der Waals surface area contributed by atoms with Gasteiger partial charge in [-0.15, -0.1) is 0 Å². The number of carbonyl (C=O) groups excluding carboxylic acids is 2. The van der Waals surface area contributed by atoms with Crippen LogP contribution in [0, 0.1) is 13.8 Å². The fourth-order valence-electron chi connectivity index (χ4n) is 3.99. The molecule has 0 bridgehead atoms. The van der Waals surface area contributed by atoms with Crippen molar-refractivity contribution in [3.8, 4) is 0 Å². The van der Waals surface area contributed by atoms with Crippen LogP contribution in [0.4, 0.5) is 11.6 Å². The van der Waals surface area contributed by atoms with E-state index in [0.29, 0.717) is 11.4 Å². The van der Waals surface area contributed by atoms with Crippen molar-refractivity contribution in [2.24, 2.45) is 0 Å². The average Bonchev–Trinajstić information content (AvgIpc) is 2.97. The first-order valence-electron chi connectivity index (χ1n) is 10.3. The van der Waals surface area contributed by atoms with Gasteiger partial charge < -0.3 is 9.32 Å². The highest BCUT2D eigenvalue weighted by atomic mass is 32.1. The second kappa shape index (κ2) is 8.44. The minimum absolute atomic E-state index is 0.000439. The molecule has 6 nitrogen and oxygen atoms in total. The molecule has 0 radical (unpaired) electrons. The Balaban J connectivity index is 1.63. The zero-order valence-corrected chi connectivity index (χ0v) is 18.1. The number of aryl methyl sites for hydroxylation is 2. The maximum atomic E-state index is 13.2. The van der Waals surface area contributed by atoms with Crippen molar-refractivity contribution in [2.45, 2.75) is 39.5 Å². The maximum Gasteiger partial charge on any atom is 0.270 e. The maximum absolute atomic E-state index is 13.2. The Morgan fingerprint density at radius 2 is 1.67 bits per heavy atom. The predicted molar refractivity (Wildman–Crippen MR) is 122 cm³/mol. The van der Waals surface area contributed by atoms with Crippen molar-refractivity contribution in [1.29, 1.82) is 0 Å². The largest absolute Gasteiger partial charge is 0.441 e. The van der Waals surface area contributed by atoms with Gasteiger partial charge in [0.1, 0.15) is 11.3 Å². The third-order valence-corrected chi connectivity index (χ3v) is 5.67. The van der Waals surface area contributed by atoms with Crippen LogP contribution in [-0.2, 0) is 9.59 Å². The lowest BCUT2D eigenvalue weighted by Crippen LogP contribution is -2.54. The van der Waals surface area contributed by atoms with Crippen LogP contribution in [0.5, 0.6) is 0 Å². The first kappa shape index (κ1) is 20.3. The Hall–Kier alpha value is -2.93. The fourth-order valence-corrected chi connectivity index (χ4v) is 4.28. The van der Waals surface area contributed by atoms with Crippen LogP contribution in [0.25, 0.3) is 6.08 Å². The molecule has 2 fully saturated rings. The van der Waals surface area contributed by atoms with Crippen LogP contribution < -0.4 is 15.1 Å². The summed E-state index contributed by atoms with van der Waals surface area (Å²) in [5.41, 5.74) is 2.66. The molecule has 0 aliphatic carbocycles. The molecular weight excluding hydrogens is 398 g/mol. The summed E-state index contributed by atoms with van der Waals surface area (Å²) in [6.07, 6.45) is 6.24. The second-order valence-corrected chi connectivity index (χ2v) is 8.27. The molecule has 3 heterocycles. The number of thiocarbonyl (C=S) groups is 1. The molecule has 2 aliphatic rings. The van der Waals surface area contributed by atoms with Crippen LogP contribution in [0.3, 0.4) is 0 Å². The summed E-state index contributed by atoms with van der Waals surface area (Å²) in [5.74, 6) is 0.273. The molecule has 1 aromatic carbocycles. The Kier molecular flexibility index (Phi) is 5.72. The number of carbonyl (C=O) groups is 2. The smallest absolute Gasteiger partial charge is 0.270 e. The van der Waals surface area contributed by atoms with E-state index in [1.165, 1.54) is 23.8 Å². The van der Waals surface area contributed by atoms with Gasteiger partial charge in [-0.1, -0.05) is 18.9 Å². The van der Waals surface area contributed by atoms with Gasteiger partial charge in [-0.2, -0.15) is 0 Å². The molecule has 0 saturated carbocycles. The van der Waals surface area contributed by atoms with Crippen molar-refractivity contribution in [3.05, 3.63) is 52.8 Å². The number of furan rings is 1. The molecule has 2 amide bonds. The van der Waals surface area contributed by atoms with E-state index in [0.717, 1.165) is 42.9 Å². The SMILES string of the molecule is Cc1cc(C)cc(N2C(=O)/C(=C\c3ccc(N4CCCCCC4)o3)C(=O)NC2=S)c1. The fraction of sp³-hybridized carbons (Fsp3) is 0.348. The molecule has 2 saturated heterocycles. The van der Waals surface area contributed by atoms with Crippen molar-refractivity contribution >= 4 is 46.8 Å². The van der Waals surface area contributed by atoms with E-state index < -0.39 is 11.8 Å². The van der Waals surface area contributed by atoms with Gasteiger partial charge in [-0.3, -0.25) is 19.8 Å². The monoisotopic (exact) mass is 423 g/mol. The van der Waals surface area contributed by atoms with Crippen molar-refractivity contribution in [3.63, 3.8) is 0 Å². The van der Waals surface area contributed by atoms with Gasteiger partial charge >= 0.3 is 0 Å². The zero-order chi connectivity index (χ0) is 21.3. The molecule has 156 valence electrons. The quantitative estimate of drug-likeness (QED) is 0.457. The highest BCUT2D eigenvalue weighted by Crippen LogP contribution is 2.27. The Morgan fingerprint density at radius 1 is 1.00 bits per heavy atom. The average molecular weight is 424 g/mol. The molecule has 4 rings (SSSR count). The number of amides is 2. The van der Waals surface area contributed by atoms with Gasteiger partial charge in [0.15, 0.2) is 11.0 Å². The summed E-state index contributed by atoms with van der Waals surface area (Å²) in [7, 11) is 0. The zero-order valence-electron chi connectivity index (χ0n) is 17.2. The Morgan fingerprint density at radius 3 is 2.33 bits per heavy atom. The number of benzene rings is 1. The van der Waals surface area contributed by atoms with E-state index in [1.54, 1.807) is 6.07 Å². The summed E-state index contributed by atoms with van der Waals surface area (Å²) >= 11 is 5.29. The van der Waals surface area contributed by atoms with Crippen molar-refractivity contribution in [1.82, 2.24) is 5.32 Å². The second-order valence-electron chi connectivity index (χ2n) is 7.88. The molecule has 0 unspecified atom stereocenters. The third kappa shape index (κ3) is 4.16. The number of nitrogens with zero attached hydrogens (tertiary/aromatic N) is 2. The Bertz CT molecular complexity index is 1010. The van der Waals surface area contributed by atoms with E-state index in [9.17, 15) is 9.59 Å². The molecule has 0 atom stereocenters. The van der Waals surface area contributed by atoms with Gasteiger partial charge in [0, 0.05) is 19.2 Å². The van der Waals surface area contributed by atoms with E-state index >= 15 is 0 Å². The molecule has 7 heteroatoms. The number of nitrogens with one attached hydrogen (secondary N) is 1. The molecule has 2 aliphatic heterocycles. The lowest BCUT2D eigenvalue weighted by atomic mass is 10.1. The molecule has 1 aromatic heterocycles. The van der Waals surface area contributed by atoms with E-state index in [4.69, 9.17) is 16.6 Å². The summed E-state index contributed by atoms with van der Waals surface area (Å²) in [5, 5.41) is 2.70. The van der Waals surface area contributed by atoms with E-state index in [1.807, 2.05) is 38.1 Å². The Labute approximate surface area is 181 Å². The minimum atomic E-state index is -0.515. The van der Waals surface area contributed by atoms with Crippen LogP contribution >= 0.6 is 12.2 Å². The van der Waals surface area contributed by atoms with Gasteiger partial charge in [-0.25, -0.2) is 0 Å². The molecular formula is C23H25N3O3S. The highest BCUT2D eigenvalue weighted by Gasteiger charge is 2.35. The number of hydrogen-bond acceptors (Lipinski definition) is 5. The lowest BCUT2D eigenvalue weighted by molar-refractivity contribution is -0.122. The number of rotatable bonds is 3. The molecule has 2 aromatic rings. The standard InChI is InChI=1S/C23H25N3O3S/c1-15-11-16(2)13-17(12-15)26-22(28)19(21(27)24-23(26)30)14-18-7-8-20(29-18)25-9-5-3-4-6-10-25/h7-8,11-14H,3-6,9-10H2,1-2H3,(H,24,27,30)/b19-14-. The normalized spacial score (nSPS) is 19.3. The minimum Gasteiger partial charge on any atom is -0.441 e. The topological polar surface area (TPSA) is 65.8 Å². The van der Waals surface area contributed by atoms with E-state index in [2.05, 4.69) is 10.2 Å². The van der Waals surface area contributed by atoms with Gasteiger partial charge in [0.2, 0.25) is 0 Å². The van der Waals surface area contributed by atoms with Crippen molar-refractivity contribution < 1.29 is 14.0 Å². The lowest BCUT2D eigenvalue weighted by Gasteiger charge is -2.29. The summed E-state index contributed by atoms with van der Waals surface area (Å²) in [4.78, 5) is 29.3. The highest BCUT2D eigenvalue weighted by molar-refractivity contribution is 7.80.